The predicted octanol–water partition coefficient (Wildman–Crippen LogP) is 2.32. The Morgan fingerprint density at radius 2 is 2.25 bits per heavy atom. The summed E-state index contributed by atoms with van der Waals surface area (Å²) in [6, 6.07) is 10.0. The quantitative estimate of drug-likeness (QED) is 0.737. The van der Waals surface area contributed by atoms with Crippen LogP contribution in [0.1, 0.15) is 5.69 Å². The minimum Gasteiger partial charge on any atom is -0.491 e. The van der Waals surface area contributed by atoms with E-state index in [0.717, 1.165) is 29.0 Å². The molecular formula is C13H13NO2. The van der Waals surface area contributed by atoms with E-state index in [1.807, 2.05) is 31.2 Å². The molecule has 2 aromatic rings. The number of epoxide rings is 1. The van der Waals surface area contributed by atoms with Gasteiger partial charge in [-0.1, -0.05) is 6.07 Å². The van der Waals surface area contributed by atoms with Crippen LogP contribution < -0.4 is 4.74 Å². The highest BCUT2D eigenvalue weighted by atomic mass is 16.6. The second kappa shape index (κ2) is 3.76. The van der Waals surface area contributed by atoms with Crippen molar-refractivity contribution in [3.8, 4) is 5.75 Å². The van der Waals surface area contributed by atoms with Crippen LogP contribution in [-0.2, 0) is 4.74 Å². The van der Waals surface area contributed by atoms with Crippen molar-refractivity contribution in [2.75, 3.05) is 13.2 Å². The average Bonchev–Trinajstić information content (AvgIpc) is 3.10. The highest BCUT2D eigenvalue weighted by Crippen LogP contribution is 2.21. The number of ether oxygens (including phenoxy) is 2. The molecular weight excluding hydrogens is 202 g/mol. The Balaban J connectivity index is 1.86. The fraction of sp³-hybridized carbons (Fsp3) is 0.308. The third-order valence-corrected chi connectivity index (χ3v) is 2.64. The van der Waals surface area contributed by atoms with E-state index in [2.05, 4.69) is 11.1 Å². The minimum atomic E-state index is 0.298. The number of rotatable bonds is 3. The number of hydrogen-bond acceptors (Lipinski definition) is 3. The molecule has 3 nitrogen and oxygen atoms in total. The third kappa shape index (κ3) is 1.99. The zero-order valence-corrected chi connectivity index (χ0v) is 9.14. The lowest BCUT2D eigenvalue weighted by Crippen LogP contribution is -2.03. The van der Waals surface area contributed by atoms with Gasteiger partial charge in [0.2, 0.25) is 0 Å². The van der Waals surface area contributed by atoms with Crippen LogP contribution in [0.3, 0.4) is 0 Å². The zero-order chi connectivity index (χ0) is 11.0. The van der Waals surface area contributed by atoms with Gasteiger partial charge in [-0.25, -0.2) is 0 Å². The molecule has 3 heteroatoms. The number of benzene rings is 1. The largest absolute Gasteiger partial charge is 0.491 e. The summed E-state index contributed by atoms with van der Waals surface area (Å²) in [6.45, 7) is 3.47. The average molecular weight is 215 g/mol. The van der Waals surface area contributed by atoms with Gasteiger partial charge in [0.15, 0.2) is 0 Å². The Bertz CT molecular complexity index is 520. The van der Waals surface area contributed by atoms with Crippen LogP contribution in [0.5, 0.6) is 5.75 Å². The molecule has 3 rings (SSSR count). The molecule has 0 radical (unpaired) electrons. The molecule has 1 aliphatic heterocycles. The molecule has 1 saturated heterocycles. The maximum Gasteiger partial charge on any atom is 0.120 e. The van der Waals surface area contributed by atoms with Crippen LogP contribution in [0.4, 0.5) is 0 Å². The first kappa shape index (κ1) is 9.60. The zero-order valence-electron chi connectivity index (χ0n) is 9.14. The molecule has 0 saturated carbocycles. The molecule has 0 bridgehead atoms. The van der Waals surface area contributed by atoms with E-state index in [0.29, 0.717) is 12.7 Å². The molecule has 2 heterocycles. The van der Waals surface area contributed by atoms with Crippen molar-refractivity contribution in [1.29, 1.82) is 0 Å². The van der Waals surface area contributed by atoms with Gasteiger partial charge in [0.05, 0.1) is 12.1 Å². The van der Waals surface area contributed by atoms with E-state index in [4.69, 9.17) is 9.47 Å². The van der Waals surface area contributed by atoms with E-state index < -0.39 is 0 Å². The van der Waals surface area contributed by atoms with Crippen LogP contribution in [0.2, 0.25) is 0 Å². The van der Waals surface area contributed by atoms with E-state index in [1.54, 1.807) is 0 Å². The molecule has 1 aromatic heterocycles. The molecule has 0 aliphatic carbocycles. The van der Waals surface area contributed by atoms with Crippen molar-refractivity contribution in [2.24, 2.45) is 0 Å². The Labute approximate surface area is 94.0 Å². The molecule has 1 atom stereocenters. The maximum absolute atomic E-state index is 5.62. The molecule has 0 unspecified atom stereocenters. The van der Waals surface area contributed by atoms with E-state index in [9.17, 15) is 0 Å². The van der Waals surface area contributed by atoms with Crippen molar-refractivity contribution < 1.29 is 9.47 Å². The second-order valence-corrected chi connectivity index (χ2v) is 4.07. The van der Waals surface area contributed by atoms with E-state index in [-0.39, 0.29) is 0 Å². The smallest absolute Gasteiger partial charge is 0.120 e. The lowest BCUT2D eigenvalue weighted by atomic mass is 10.2. The Kier molecular flexibility index (Phi) is 2.26. The third-order valence-electron chi connectivity index (χ3n) is 2.64. The molecule has 16 heavy (non-hydrogen) atoms. The summed E-state index contributed by atoms with van der Waals surface area (Å²) in [4.78, 5) is 4.44. The molecule has 1 aliphatic rings. The monoisotopic (exact) mass is 215 g/mol. The second-order valence-electron chi connectivity index (χ2n) is 4.07. The summed E-state index contributed by atoms with van der Waals surface area (Å²) in [7, 11) is 0. The lowest BCUT2D eigenvalue weighted by Gasteiger charge is -2.05. The van der Waals surface area contributed by atoms with Crippen LogP contribution in [0.15, 0.2) is 30.3 Å². The van der Waals surface area contributed by atoms with Crippen LogP contribution >= 0.6 is 0 Å². The van der Waals surface area contributed by atoms with Gasteiger partial charge in [0.25, 0.3) is 0 Å². The Morgan fingerprint density at radius 3 is 3.06 bits per heavy atom. The van der Waals surface area contributed by atoms with Gasteiger partial charge in [-0.3, -0.25) is 4.98 Å². The first-order valence-corrected chi connectivity index (χ1v) is 5.43. The van der Waals surface area contributed by atoms with E-state index in [1.165, 1.54) is 0 Å². The van der Waals surface area contributed by atoms with Gasteiger partial charge in [-0.2, -0.15) is 0 Å². The standard InChI is InChI=1S/C13H13NO2/c1-9-2-3-10-6-11(4-5-13(10)14-9)15-7-12-8-16-12/h2-6,12H,7-8H2,1H3/t12-/m1/s1. The summed E-state index contributed by atoms with van der Waals surface area (Å²) in [6.07, 6.45) is 0.298. The summed E-state index contributed by atoms with van der Waals surface area (Å²) in [5.41, 5.74) is 2.04. The van der Waals surface area contributed by atoms with Crippen molar-refractivity contribution in [3.63, 3.8) is 0 Å². The van der Waals surface area contributed by atoms with Crippen LogP contribution in [0.25, 0.3) is 10.9 Å². The van der Waals surface area contributed by atoms with Gasteiger partial charge in [0, 0.05) is 11.1 Å². The summed E-state index contributed by atoms with van der Waals surface area (Å²) in [5.74, 6) is 0.883. The number of aromatic nitrogens is 1. The van der Waals surface area contributed by atoms with Gasteiger partial charge in [-0.05, 0) is 31.2 Å². The fourth-order valence-electron chi connectivity index (χ4n) is 1.65. The predicted molar refractivity (Wildman–Crippen MR) is 61.7 cm³/mol. The minimum absolute atomic E-state index is 0.298. The summed E-state index contributed by atoms with van der Waals surface area (Å²) >= 11 is 0. The topological polar surface area (TPSA) is 34.6 Å². The van der Waals surface area contributed by atoms with Crippen LogP contribution in [-0.4, -0.2) is 24.3 Å². The number of pyridine rings is 1. The molecule has 0 spiro atoms. The van der Waals surface area contributed by atoms with Gasteiger partial charge in [-0.15, -0.1) is 0 Å². The molecule has 1 aromatic carbocycles. The van der Waals surface area contributed by atoms with Crippen LogP contribution in [0, 0.1) is 6.92 Å². The van der Waals surface area contributed by atoms with E-state index >= 15 is 0 Å². The van der Waals surface area contributed by atoms with Crippen molar-refractivity contribution in [1.82, 2.24) is 4.98 Å². The summed E-state index contributed by atoms with van der Waals surface area (Å²) in [5, 5.41) is 1.11. The lowest BCUT2D eigenvalue weighted by molar-refractivity contribution is 0.263. The highest BCUT2D eigenvalue weighted by Gasteiger charge is 2.22. The Hall–Kier alpha value is -1.61. The number of nitrogens with zero attached hydrogens (tertiary/aromatic N) is 1. The molecule has 0 N–H and O–H groups in total. The highest BCUT2D eigenvalue weighted by molar-refractivity contribution is 5.80. The molecule has 0 amide bonds. The first-order chi connectivity index (χ1) is 7.81. The molecule has 82 valence electrons. The van der Waals surface area contributed by atoms with Crippen molar-refractivity contribution in [3.05, 3.63) is 36.0 Å². The number of fused-ring (bicyclic) bond motifs is 1. The van der Waals surface area contributed by atoms with Gasteiger partial charge < -0.3 is 9.47 Å². The van der Waals surface area contributed by atoms with Crippen molar-refractivity contribution >= 4 is 10.9 Å². The molecule has 1 fully saturated rings. The summed E-state index contributed by atoms with van der Waals surface area (Å²) < 4.78 is 10.7. The van der Waals surface area contributed by atoms with Gasteiger partial charge >= 0.3 is 0 Å². The maximum atomic E-state index is 5.62. The van der Waals surface area contributed by atoms with Crippen molar-refractivity contribution in [2.45, 2.75) is 13.0 Å². The van der Waals surface area contributed by atoms with Gasteiger partial charge in [0.1, 0.15) is 18.5 Å². The fourth-order valence-corrected chi connectivity index (χ4v) is 1.65. The first-order valence-electron chi connectivity index (χ1n) is 5.43. The normalized spacial score (nSPS) is 18.7. The number of hydrogen-bond donors (Lipinski definition) is 0. The Morgan fingerprint density at radius 1 is 1.38 bits per heavy atom. The number of aryl methyl sites for hydroxylation is 1. The SMILES string of the molecule is Cc1ccc2cc(OC[C@@H]3CO3)ccc2n1.